The van der Waals surface area contributed by atoms with E-state index in [-0.39, 0.29) is 0 Å². The number of carbonyl (C=O) groups is 1. The van der Waals surface area contributed by atoms with E-state index in [1.54, 1.807) is 36.5 Å². The molecule has 0 fully saturated rings. The molecule has 0 saturated carbocycles. The lowest BCUT2D eigenvalue weighted by Crippen LogP contribution is -2.14. The van der Waals surface area contributed by atoms with Crippen molar-refractivity contribution in [1.29, 1.82) is 0 Å². The number of hydrogen-bond donors (Lipinski definition) is 1. The van der Waals surface area contributed by atoms with E-state index in [4.69, 9.17) is 16.7 Å². The van der Waals surface area contributed by atoms with Crippen molar-refractivity contribution in [1.82, 2.24) is 4.57 Å². The lowest BCUT2D eigenvalue weighted by molar-refractivity contribution is -0.138. The van der Waals surface area contributed by atoms with E-state index in [0.717, 1.165) is 17.0 Å². The summed E-state index contributed by atoms with van der Waals surface area (Å²) in [5.74, 6) is -1.52. The van der Waals surface area contributed by atoms with Crippen molar-refractivity contribution >= 4 is 34.6 Å². The smallest absolute Gasteiger partial charge is 0.310 e. The minimum atomic E-state index is -0.890. The number of nitrogens with zero attached hydrogens (tertiary/aromatic N) is 2. The van der Waals surface area contributed by atoms with Crippen LogP contribution in [0.3, 0.4) is 0 Å². The molecule has 1 aromatic heterocycles. The van der Waals surface area contributed by atoms with Crippen LogP contribution in [-0.4, -0.2) is 15.6 Å². The zero-order valence-electron chi connectivity index (χ0n) is 12.1. The molecule has 0 bridgehead atoms. The standard InChI is InChI=1S/C15H17ClN2O2S/c1-4-18-9(2)8-21-15(18)17-11-5-6-12(13(16)7-11)10(3)14(19)20/h5-8,10H,4H2,1-3H3,(H,19,20)/b17-15-. The summed E-state index contributed by atoms with van der Waals surface area (Å²) in [6.45, 7) is 6.59. The second-order valence-corrected chi connectivity index (χ2v) is 6.03. The van der Waals surface area contributed by atoms with Gasteiger partial charge in [-0.1, -0.05) is 17.7 Å². The van der Waals surface area contributed by atoms with Crippen molar-refractivity contribution in [3.05, 3.63) is 44.7 Å². The average Bonchev–Trinajstić information content (AvgIpc) is 2.78. The van der Waals surface area contributed by atoms with Gasteiger partial charge in [-0.3, -0.25) is 4.79 Å². The summed E-state index contributed by atoms with van der Waals surface area (Å²) in [7, 11) is 0. The predicted octanol–water partition coefficient (Wildman–Crippen LogP) is 3.95. The Hall–Kier alpha value is -1.59. The first-order chi connectivity index (χ1) is 9.93. The van der Waals surface area contributed by atoms with Crippen molar-refractivity contribution in [2.45, 2.75) is 33.2 Å². The van der Waals surface area contributed by atoms with E-state index in [1.807, 2.05) is 6.92 Å². The fraction of sp³-hybridized carbons (Fsp3) is 0.333. The van der Waals surface area contributed by atoms with Crippen molar-refractivity contribution in [2.75, 3.05) is 0 Å². The minimum Gasteiger partial charge on any atom is -0.481 e. The number of thiazole rings is 1. The molecule has 1 N–H and O–H groups in total. The zero-order chi connectivity index (χ0) is 15.6. The quantitative estimate of drug-likeness (QED) is 0.925. The summed E-state index contributed by atoms with van der Waals surface area (Å²) >= 11 is 7.76. The van der Waals surface area contributed by atoms with Crippen molar-refractivity contribution in [2.24, 2.45) is 4.99 Å². The second-order valence-electron chi connectivity index (χ2n) is 4.78. The molecule has 0 aliphatic heterocycles. The van der Waals surface area contributed by atoms with Crippen molar-refractivity contribution in [3.63, 3.8) is 0 Å². The van der Waals surface area contributed by atoms with E-state index in [2.05, 4.69) is 21.9 Å². The third-order valence-corrected chi connectivity index (χ3v) is 4.66. The van der Waals surface area contributed by atoms with Crippen LogP contribution in [0, 0.1) is 6.92 Å². The van der Waals surface area contributed by atoms with Crippen molar-refractivity contribution in [3.8, 4) is 0 Å². The highest BCUT2D eigenvalue weighted by atomic mass is 35.5. The highest BCUT2D eigenvalue weighted by molar-refractivity contribution is 7.07. The molecule has 0 aliphatic carbocycles. The normalized spacial score (nSPS) is 13.4. The Kier molecular flexibility index (Phi) is 4.85. The molecule has 6 heteroatoms. The molecule has 0 saturated heterocycles. The lowest BCUT2D eigenvalue weighted by atomic mass is 10.0. The number of hydrogen-bond acceptors (Lipinski definition) is 3. The molecule has 1 atom stereocenters. The van der Waals surface area contributed by atoms with Crippen LogP contribution in [0.4, 0.5) is 5.69 Å². The van der Waals surface area contributed by atoms with E-state index in [0.29, 0.717) is 10.6 Å². The molecule has 1 aromatic carbocycles. The molecule has 1 heterocycles. The maximum atomic E-state index is 11.0. The van der Waals surface area contributed by atoms with Gasteiger partial charge in [0.2, 0.25) is 0 Å². The summed E-state index contributed by atoms with van der Waals surface area (Å²) in [5, 5.41) is 11.5. The van der Waals surface area contributed by atoms with Gasteiger partial charge in [-0.2, -0.15) is 0 Å². The van der Waals surface area contributed by atoms with Gasteiger partial charge in [0.15, 0.2) is 4.80 Å². The minimum absolute atomic E-state index is 0.433. The Morgan fingerprint density at radius 3 is 2.81 bits per heavy atom. The number of aliphatic carboxylic acids is 1. The first-order valence-corrected chi connectivity index (χ1v) is 7.91. The highest BCUT2D eigenvalue weighted by Crippen LogP contribution is 2.28. The highest BCUT2D eigenvalue weighted by Gasteiger charge is 2.16. The van der Waals surface area contributed by atoms with E-state index < -0.39 is 11.9 Å². The van der Waals surface area contributed by atoms with Crippen LogP contribution in [-0.2, 0) is 11.3 Å². The number of benzene rings is 1. The number of aryl methyl sites for hydroxylation is 1. The van der Waals surface area contributed by atoms with Gasteiger partial charge in [0, 0.05) is 22.6 Å². The van der Waals surface area contributed by atoms with Gasteiger partial charge in [-0.15, -0.1) is 11.3 Å². The molecule has 4 nitrogen and oxygen atoms in total. The molecule has 2 rings (SSSR count). The van der Waals surface area contributed by atoms with Crippen LogP contribution in [0.25, 0.3) is 0 Å². The van der Waals surface area contributed by atoms with Gasteiger partial charge in [-0.25, -0.2) is 4.99 Å². The maximum absolute atomic E-state index is 11.0. The molecule has 2 aromatic rings. The topological polar surface area (TPSA) is 54.6 Å². The Bertz CT molecular complexity index is 734. The average molecular weight is 325 g/mol. The fourth-order valence-corrected chi connectivity index (χ4v) is 3.37. The summed E-state index contributed by atoms with van der Waals surface area (Å²) in [5.41, 5.74) is 2.50. The zero-order valence-corrected chi connectivity index (χ0v) is 13.7. The van der Waals surface area contributed by atoms with E-state index in [9.17, 15) is 4.79 Å². The first kappa shape index (κ1) is 15.8. The van der Waals surface area contributed by atoms with Gasteiger partial charge in [0.05, 0.1) is 11.6 Å². The molecule has 21 heavy (non-hydrogen) atoms. The summed E-state index contributed by atoms with van der Waals surface area (Å²) in [6, 6.07) is 5.25. The van der Waals surface area contributed by atoms with Crippen LogP contribution < -0.4 is 4.80 Å². The Labute approximate surface area is 132 Å². The summed E-state index contributed by atoms with van der Waals surface area (Å²) in [4.78, 5) is 16.5. The fourth-order valence-electron chi connectivity index (χ4n) is 2.07. The van der Waals surface area contributed by atoms with Crippen LogP contribution in [0.15, 0.2) is 28.6 Å². The molecule has 112 valence electrons. The van der Waals surface area contributed by atoms with Gasteiger partial charge in [-0.05, 0) is 38.5 Å². The molecule has 0 amide bonds. The third kappa shape index (κ3) is 3.36. The second kappa shape index (κ2) is 6.45. The van der Waals surface area contributed by atoms with Gasteiger partial charge < -0.3 is 9.67 Å². The number of halogens is 1. The van der Waals surface area contributed by atoms with E-state index >= 15 is 0 Å². The number of aromatic nitrogens is 1. The van der Waals surface area contributed by atoms with Crippen LogP contribution in [0.1, 0.15) is 31.0 Å². The van der Waals surface area contributed by atoms with Crippen LogP contribution in [0.5, 0.6) is 0 Å². The largest absolute Gasteiger partial charge is 0.481 e. The lowest BCUT2D eigenvalue weighted by Gasteiger charge is -2.09. The van der Waals surface area contributed by atoms with Crippen LogP contribution >= 0.6 is 22.9 Å². The predicted molar refractivity (Wildman–Crippen MR) is 85.4 cm³/mol. The van der Waals surface area contributed by atoms with Crippen LogP contribution in [0.2, 0.25) is 5.02 Å². The molecule has 1 unspecified atom stereocenters. The molecular formula is C15H17ClN2O2S. The molecule has 0 aliphatic rings. The van der Waals surface area contributed by atoms with E-state index in [1.165, 1.54) is 5.69 Å². The number of carboxylic acid groups (broad SMARTS) is 1. The third-order valence-electron chi connectivity index (χ3n) is 3.35. The molecule has 0 radical (unpaired) electrons. The number of rotatable bonds is 4. The first-order valence-electron chi connectivity index (χ1n) is 6.66. The SMILES string of the molecule is CCn1c(C)cs/c1=N\c1ccc(C(C)C(=O)O)c(Cl)c1. The monoisotopic (exact) mass is 324 g/mol. The number of carboxylic acids is 1. The molecular weight excluding hydrogens is 308 g/mol. The molecule has 0 spiro atoms. The Balaban J connectivity index is 2.43. The summed E-state index contributed by atoms with van der Waals surface area (Å²) in [6.07, 6.45) is 0. The van der Waals surface area contributed by atoms with Gasteiger partial charge >= 0.3 is 5.97 Å². The summed E-state index contributed by atoms with van der Waals surface area (Å²) < 4.78 is 2.12. The van der Waals surface area contributed by atoms with Crippen molar-refractivity contribution < 1.29 is 9.90 Å². The van der Waals surface area contributed by atoms with Gasteiger partial charge in [0.25, 0.3) is 0 Å². The maximum Gasteiger partial charge on any atom is 0.310 e. The Morgan fingerprint density at radius 1 is 1.52 bits per heavy atom. The Morgan fingerprint density at radius 2 is 2.24 bits per heavy atom. The van der Waals surface area contributed by atoms with Gasteiger partial charge in [0.1, 0.15) is 0 Å².